The van der Waals surface area contributed by atoms with E-state index in [0.717, 1.165) is 42.8 Å². The highest BCUT2D eigenvalue weighted by atomic mass is 15.2. The van der Waals surface area contributed by atoms with Crippen LogP contribution >= 0.6 is 0 Å². The van der Waals surface area contributed by atoms with E-state index in [2.05, 4.69) is 33.4 Å². The molecule has 0 aromatic carbocycles. The van der Waals surface area contributed by atoms with Gasteiger partial charge in [-0.1, -0.05) is 13.3 Å². The number of imidazole rings is 1. The summed E-state index contributed by atoms with van der Waals surface area (Å²) in [4.78, 5) is 11.7. The molecule has 5 heteroatoms. The maximum absolute atomic E-state index is 4.79. The standard InChI is InChI=1S/C15H23N5/c1-3-12-6-5-8-19(10-12)15-14-17-7-9-20(14)11-13(18-15)16-4-2/h7,9,11-12,16H,3-6,8,10H2,1-2H3. The third-order valence-corrected chi connectivity index (χ3v) is 4.11. The minimum absolute atomic E-state index is 0.781. The van der Waals surface area contributed by atoms with Crippen LogP contribution < -0.4 is 10.2 Å². The normalized spacial score (nSPS) is 19.5. The Morgan fingerprint density at radius 3 is 3.10 bits per heavy atom. The summed E-state index contributed by atoms with van der Waals surface area (Å²) in [5.41, 5.74) is 0.961. The number of rotatable bonds is 4. The van der Waals surface area contributed by atoms with Crippen molar-refractivity contribution in [2.45, 2.75) is 33.1 Å². The SMILES string of the molecule is CCNc1cn2ccnc2c(N2CCCC(CC)C2)n1. The van der Waals surface area contributed by atoms with Gasteiger partial charge in [-0.2, -0.15) is 0 Å². The van der Waals surface area contributed by atoms with Crippen LogP contribution in [0.4, 0.5) is 11.6 Å². The zero-order valence-electron chi connectivity index (χ0n) is 12.3. The van der Waals surface area contributed by atoms with Crippen molar-refractivity contribution in [3.05, 3.63) is 18.6 Å². The van der Waals surface area contributed by atoms with Gasteiger partial charge in [0.25, 0.3) is 0 Å². The summed E-state index contributed by atoms with van der Waals surface area (Å²) >= 11 is 0. The summed E-state index contributed by atoms with van der Waals surface area (Å²) in [7, 11) is 0. The Morgan fingerprint density at radius 2 is 2.30 bits per heavy atom. The first-order chi connectivity index (χ1) is 9.81. The molecule has 108 valence electrons. The Balaban J connectivity index is 1.98. The predicted octanol–water partition coefficient (Wildman–Crippen LogP) is 2.79. The van der Waals surface area contributed by atoms with E-state index in [1.165, 1.54) is 19.3 Å². The van der Waals surface area contributed by atoms with Crippen LogP contribution in [-0.4, -0.2) is 34.0 Å². The van der Waals surface area contributed by atoms with Gasteiger partial charge in [0.05, 0.1) is 6.20 Å². The molecule has 0 saturated carbocycles. The molecule has 3 heterocycles. The van der Waals surface area contributed by atoms with E-state index in [4.69, 9.17) is 4.98 Å². The van der Waals surface area contributed by atoms with Crippen molar-refractivity contribution in [1.82, 2.24) is 14.4 Å². The van der Waals surface area contributed by atoms with E-state index in [1.807, 2.05) is 18.6 Å². The van der Waals surface area contributed by atoms with E-state index in [9.17, 15) is 0 Å². The smallest absolute Gasteiger partial charge is 0.180 e. The van der Waals surface area contributed by atoms with Gasteiger partial charge in [-0.25, -0.2) is 9.97 Å². The Labute approximate surface area is 120 Å². The molecule has 1 aliphatic heterocycles. The van der Waals surface area contributed by atoms with Crippen molar-refractivity contribution in [3.8, 4) is 0 Å². The number of piperidine rings is 1. The maximum atomic E-state index is 4.79. The van der Waals surface area contributed by atoms with Crippen molar-refractivity contribution in [2.75, 3.05) is 29.9 Å². The zero-order chi connectivity index (χ0) is 13.9. The predicted molar refractivity (Wildman–Crippen MR) is 82.4 cm³/mol. The van der Waals surface area contributed by atoms with Crippen molar-refractivity contribution in [2.24, 2.45) is 5.92 Å². The highest BCUT2D eigenvalue weighted by Gasteiger charge is 2.22. The van der Waals surface area contributed by atoms with Gasteiger partial charge in [-0.3, -0.25) is 0 Å². The molecule has 0 aliphatic carbocycles. The van der Waals surface area contributed by atoms with Crippen LogP contribution in [0.2, 0.25) is 0 Å². The van der Waals surface area contributed by atoms with Crippen molar-refractivity contribution in [3.63, 3.8) is 0 Å². The second-order valence-corrected chi connectivity index (χ2v) is 5.50. The van der Waals surface area contributed by atoms with Crippen molar-refractivity contribution >= 4 is 17.3 Å². The molecule has 1 saturated heterocycles. The highest BCUT2D eigenvalue weighted by molar-refractivity contribution is 5.67. The molecule has 0 spiro atoms. The number of hydrogen-bond acceptors (Lipinski definition) is 4. The molecule has 0 bridgehead atoms. The van der Waals surface area contributed by atoms with Gasteiger partial charge in [-0.15, -0.1) is 0 Å². The van der Waals surface area contributed by atoms with Crippen LogP contribution in [0.15, 0.2) is 18.6 Å². The number of hydrogen-bond donors (Lipinski definition) is 1. The molecule has 2 aromatic rings. The lowest BCUT2D eigenvalue weighted by Gasteiger charge is -2.33. The van der Waals surface area contributed by atoms with Crippen LogP contribution in [0.1, 0.15) is 33.1 Å². The third-order valence-electron chi connectivity index (χ3n) is 4.11. The Morgan fingerprint density at radius 1 is 1.40 bits per heavy atom. The van der Waals surface area contributed by atoms with Crippen molar-refractivity contribution in [1.29, 1.82) is 0 Å². The fraction of sp³-hybridized carbons (Fsp3) is 0.600. The lowest BCUT2D eigenvalue weighted by atomic mass is 9.96. The molecule has 2 aromatic heterocycles. The fourth-order valence-corrected chi connectivity index (χ4v) is 2.98. The second kappa shape index (κ2) is 5.69. The number of nitrogens with zero attached hydrogens (tertiary/aromatic N) is 4. The Bertz CT molecular complexity index is 577. The monoisotopic (exact) mass is 273 g/mol. The van der Waals surface area contributed by atoms with Gasteiger partial charge in [-0.05, 0) is 25.7 Å². The van der Waals surface area contributed by atoms with E-state index >= 15 is 0 Å². The summed E-state index contributed by atoms with van der Waals surface area (Å²) in [5.74, 6) is 2.72. The summed E-state index contributed by atoms with van der Waals surface area (Å²) < 4.78 is 2.07. The average molecular weight is 273 g/mol. The Kier molecular flexibility index (Phi) is 3.76. The summed E-state index contributed by atoms with van der Waals surface area (Å²) in [6.07, 6.45) is 9.67. The lowest BCUT2D eigenvalue weighted by Crippen LogP contribution is -2.36. The quantitative estimate of drug-likeness (QED) is 0.930. The summed E-state index contributed by atoms with van der Waals surface area (Å²) in [6, 6.07) is 0. The number of nitrogens with one attached hydrogen (secondary N) is 1. The first-order valence-corrected chi connectivity index (χ1v) is 7.64. The van der Waals surface area contributed by atoms with Crippen LogP contribution in [-0.2, 0) is 0 Å². The summed E-state index contributed by atoms with van der Waals surface area (Å²) in [6.45, 7) is 7.43. The average Bonchev–Trinajstić information content (AvgIpc) is 2.95. The molecular formula is C15H23N5. The van der Waals surface area contributed by atoms with Crippen LogP contribution in [0.25, 0.3) is 5.65 Å². The largest absolute Gasteiger partial charge is 0.369 e. The van der Waals surface area contributed by atoms with Crippen LogP contribution in [0.3, 0.4) is 0 Å². The maximum Gasteiger partial charge on any atom is 0.180 e. The lowest BCUT2D eigenvalue weighted by molar-refractivity contribution is 0.403. The zero-order valence-corrected chi connectivity index (χ0v) is 12.3. The van der Waals surface area contributed by atoms with Gasteiger partial charge in [0.2, 0.25) is 0 Å². The molecule has 1 N–H and O–H groups in total. The fourth-order valence-electron chi connectivity index (χ4n) is 2.98. The molecule has 0 radical (unpaired) electrons. The van der Waals surface area contributed by atoms with E-state index in [-0.39, 0.29) is 0 Å². The van der Waals surface area contributed by atoms with Gasteiger partial charge >= 0.3 is 0 Å². The highest BCUT2D eigenvalue weighted by Crippen LogP contribution is 2.27. The molecule has 3 rings (SSSR count). The van der Waals surface area contributed by atoms with E-state index in [0.29, 0.717) is 0 Å². The van der Waals surface area contributed by atoms with E-state index < -0.39 is 0 Å². The van der Waals surface area contributed by atoms with Crippen LogP contribution in [0.5, 0.6) is 0 Å². The molecule has 1 unspecified atom stereocenters. The Hall–Kier alpha value is -1.78. The molecule has 1 atom stereocenters. The van der Waals surface area contributed by atoms with Gasteiger partial charge < -0.3 is 14.6 Å². The molecule has 5 nitrogen and oxygen atoms in total. The van der Waals surface area contributed by atoms with Crippen LogP contribution in [0, 0.1) is 5.92 Å². The molecule has 20 heavy (non-hydrogen) atoms. The minimum Gasteiger partial charge on any atom is -0.369 e. The topological polar surface area (TPSA) is 45.5 Å². The molecule has 1 aliphatic rings. The van der Waals surface area contributed by atoms with Gasteiger partial charge in [0.1, 0.15) is 5.82 Å². The molecular weight excluding hydrogens is 250 g/mol. The number of fused-ring (bicyclic) bond motifs is 1. The van der Waals surface area contributed by atoms with Gasteiger partial charge in [0.15, 0.2) is 11.5 Å². The molecule has 0 amide bonds. The van der Waals surface area contributed by atoms with Gasteiger partial charge in [0, 0.05) is 32.0 Å². The number of aromatic nitrogens is 3. The second-order valence-electron chi connectivity index (χ2n) is 5.50. The minimum atomic E-state index is 0.781. The molecule has 1 fully saturated rings. The summed E-state index contributed by atoms with van der Waals surface area (Å²) in [5, 5.41) is 3.31. The van der Waals surface area contributed by atoms with E-state index in [1.54, 1.807) is 0 Å². The first-order valence-electron chi connectivity index (χ1n) is 7.64. The first kappa shape index (κ1) is 13.2. The van der Waals surface area contributed by atoms with Crippen molar-refractivity contribution < 1.29 is 0 Å². The third kappa shape index (κ3) is 2.44. The number of anilines is 2.